The first-order valence-electron chi connectivity index (χ1n) is 9.53. The second-order valence-electron chi connectivity index (χ2n) is 7.25. The summed E-state index contributed by atoms with van der Waals surface area (Å²) < 4.78 is 24.8. The number of ether oxygens (including phenoxy) is 2. The van der Waals surface area contributed by atoms with Gasteiger partial charge in [0.2, 0.25) is 0 Å². The van der Waals surface area contributed by atoms with Crippen molar-refractivity contribution < 1.29 is 23.5 Å². The maximum atomic E-state index is 14.1. The average Bonchev–Trinajstić information content (AvgIpc) is 2.81. The van der Waals surface area contributed by atoms with E-state index in [1.54, 1.807) is 30.2 Å². The fourth-order valence-corrected chi connectivity index (χ4v) is 4.61. The summed E-state index contributed by atoms with van der Waals surface area (Å²) in [6, 6.07) is 11.6. The molecule has 2 aromatic carbocycles. The maximum Gasteiger partial charge on any atom is 0.303 e. The first kappa shape index (κ1) is 22.1. The number of nitrogens with zero attached hydrogens (tertiary/aromatic N) is 2. The van der Waals surface area contributed by atoms with E-state index < -0.39 is 17.3 Å². The number of benzene rings is 2. The highest BCUT2D eigenvalue weighted by Crippen LogP contribution is 2.47. The molecule has 0 spiro atoms. The molecule has 0 saturated heterocycles. The summed E-state index contributed by atoms with van der Waals surface area (Å²) in [6.07, 6.45) is -1.04. The minimum atomic E-state index is -1.04. The molecule has 2 aromatic rings. The number of anilines is 1. The van der Waals surface area contributed by atoms with Gasteiger partial charge in [0.05, 0.1) is 18.0 Å². The summed E-state index contributed by atoms with van der Waals surface area (Å²) in [5.74, 6) is -0.588. The van der Waals surface area contributed by atoms with Gasteiger partial charge in [0, 0.05) is 24.9 Å². The Hall–Kier alpha value is -2.58. The molecule has 1 aliphatic rings. The number of carbonyl (C=O) groups is 2. The molecule has 160 valence electrons. The van der Waals surface area contributed by atoms with Crippen molar-refractivity contribution in [3.63, 3.8) is 0 Å². The van der Waals surface area contributed by atoms with Gasteiger partial charge < -0.3 is 19.3 Å². The van der Waals surface area contributed by atoms with Gasteiger partial charge in [-0.1, -0.05) is 12.1 Å². The maximum absolute atomic E-state index is 14.1. The van der Waals surface area contributed by atoms with Gasteiger partial charge in [0.1, 0.15) is 11.6 Å². The largest absolute Gasteiger partial charge is 0.497 e. The van der Waals surface area contributed by atoms with Gasteiger partial charge in [-0.2, -0.15) is 0 Å². The van der Waals surface area contributed by atoms with Crippen LogP contribution >= 0.6 is 11.8 Å². The Labute approximate surface area is 179 Å². The number of hydrogen-bond acceptors (Lipinski definition) is 6. The molecule has 30 heavy (non-hydrogen) atoms. The summed E-state index contributed by atoms with van der Waals surface area (Å²) in [5.41, 5.74) is 1.39. The Morgan fingerprint density at radius 1 is 1.20 bits per heavy atom. The number of hydrogen-bond donors (Lipinski definition) is 0. The number of halogens is 1. The second-order valence-corrected chi connectivity index (χ2v) is 8.43. The van der Waals surface area contributed by atoms with Crippen LogP contribution in [0.15, 0.2) is 47.4 Å². The quantitative estimate of drug-likeness (QED) is 0.653. The van der Waals surface area contributed by atoms with E-state index in [1.807, 2.05) is 31.1 Å². The molecular weight excluding hydrogens is 406 g/mol. The minimum Gasteiger partial charge on any atom is -0.497 e. The second kappa shape index (κ2) is 9.49. The van der Waals surface area contributed by atoms with Gasteiger partial charge in [0.25, 0.3) is 5.91 Å². The Morgan fingerprint density at radius 3 is 2.50 bits per heavy atom. The summed E-state index contributed by atoms with van der Waals surface area (Å²) in [7, 11) is 5.39. The van der Waals surface area contributed by atoms with Crippen molar-refractivity contribution in [2.75, 3.05) is 39.2 Å². The Morgan fingerprint density at radius 2 is 1.90 bits per heavy atom. The molecule has 0 unspecified atom stereocenters. The lowest BCUT2D eigenvalue weighted by Crippen LogP contribution is -2.45. The van der Waals surface area contributed by atoms with Crippen molar-refractivity contribution in [3.05, 3.63) is 53.8 Å². The van der Waals surface area contributed by atoms with Gasteiger partial charge in [-0.3, -0.25) is 9.59 Å². The predicted molar refractivity (Wildman–Crippen MR) is 114 cm³/mol. The van der Waals surface area contributed by atoms with E-state index in [4.69, 9.17) is 9.47 Å². The Balaban J connectivity index is 2.09. The molecule has 2 atom stereocenters. The van der Waals surface area contributed by atoms with Gasteiger partial charge in [-0.15, -0.1) is 11.8 Å². The van der Waals surface area contributed by atoms with Gasteiger partial charge in [-0.05, 0) is 50.0 Å². The van der Waals surface area contributed by atoms with Crippen LogP contribution in [-0.2, 0) is 14.3 Å². The summed E-state index contributed by atoms with van der Waals surface area (Å²) in [6.45, 7) is 2.27. The summed E-state index contributed by atoms with van der Waals surface area (Å²) >= 11 is 1.32. The van der Waals surface area contributed by atoms with Crippen molar-refractivity contribution in [2.45, 2.75) is 23.2 Å². The van der Waals surface area contributed by atoms with Crippen molar-refractivity contribution in [3.8, 4) is 5.75 Å². The van der Waals surface area contributed by atoms with E-state index in [0.717, 1.165) is 5.56 Å². The number of amides is 1. The predicted octanol–water partition coefficient (Wildman–Crippen LogP) is 3.51. The summed E-state index contributed by atoms with van der Waals surface area (Å²) in [5, 5.41) is -0.530. The first-order valence-corrected chi connectivity index (χ1v) is 10.4. The van der Waals surface area contributed by atoms with E-state index in [0.29, 0.717) is 29.4 Å². The molecule has 0 radical (unpaired) electrons. The van der Waals surface area contributed by atoms with Gasteiger partial charge >= 0.3 is 5.97 Å². The highest BCUT2D eigenvalue weighted by Gasteiger charge is 2.40. The van der Waals surface area contributed by atoms with E-state index in [-0.39, 0.29) is 11.7 Å². The van der Waals surface area contributed by atoms with Crippen LogP contribution in [0.4, 0.5) is 10.1 Å². The van der Waals surface area contributed by atoms with Crippen molar-refractivity contribution in [1.82, 2.24) is 4.90 Å². The van der Waals surface area contributed by atoms with Crippen molar-refractivity contribution in [1.29, 1.82) is 0 Å². The highest BCUT2D eigenvalue weighted by atomic mass is 32.2. The lowest BCUT2D eigenvalue weighted by Gasteiger charge is -2.28. The number of esters is 1. The Bertz CT molecular complexity index is 920. The van der Waals surface area contributed by atoms with Gasteiger partial charge in [-0.25, -0.2) is 4.39 Å². The smallest absolute Gasteiger partial charge is 0.303 e. The standard InChI is InChI=1S/C22H25FN2O4S/c1-14(26)29-20-21(15-5-8-17(28-4)9-6-15)30-19-13-16(23)7-10-18(19)25(22(20)27)12-11-24(2)3/h5-10,13,20-21H,11-12H2,1-4H3/t20-,21+/m1/s1/i23-1. The lowest BCUT2D eigenvalue weighted by molar-refractivity contribution is -0.152. The van der Waals surface area contributed by atoms with Crippen LogP contribution in [0.25, 0.3) is 0 Å². The van der Waals surface area contributed by atoms with Gasteiger partial charge in [0.15, 0.2) is 6.10 Å². The monoisotopic (exact) mass is 431 g/mol. The molecule has 0 saturated carbocycles. The molecule has 1 aliphatic heterocycles. The van der Waals surface area contributed by atoms with E-state index in [2.05, 4.69) is 0 Å². The van der Waals surface area contributed by atoms with E-state index in [9.17, 15) is 14.0 Å². The molecule has 0 aliphatic carbocycles. The summed E-state index contributed by atoms with van der Waals surface area (Å²) in [4.78, 5) is 29.6. The molecular formula is C22H25FN2O4S. The number of carbonyl (C=O) groups excluding carboxylic acids is 2. The van der Waals surface area contributed by atoms with Crippen LogP contribution in [0.5, 0.6) is 5.75 Å². The fraction of sp³-hybridized carbons (Fsp3) is 0.364. The lowest BCUT2D eigenvalue weighted by atomic mass is 10.1. The van der Waals surface area contributed by atoms with E-state index >= 15 is 0 Å². The molecule has 0 fully saturated rings. The number of methoxy groups -OCH3 is 1. The molecule has 8 heteroatoms. The van der Waals surface area contributed by atoms with Crippen LogP contribution in [0.2, 0.25) is 0 Å². The molecule has 1 amide bonds. The molecule has 3 rings (SSSR count). The first-order chi connectivity index (χ1) is 14.3. The molecule has 0 N–H and O–H groups in total. The van der Waals surface area contributed by atoms with Crippen molar-refractivity contribution >= 4 is 29.3 Å². The Kier molecular flexibility index (Phi) is 6.99. The number of fused-ring (bicyclic) bond motifs is 1. The normalized spacial score (nSPS) is 18.7. The zero-order valence-corrected chi connectivity index (χ0v) is 18.2. The topological polar surface area (TPSA) is 59.1 Å². The fourth-order valence-electron chi connectivity index (χ4n) is 3.26. The third-order valence-electron chi connectivity index (χ3n) is 4.76. The highest BCUT2D eigenvalue weighted by molar-refractivity contribution is 7.99. The van der Waals surface area contributed by atoms with Crippen LogP contribution < -0.4 is 9.64 Å². The minimum absolute atomic E-state index is 0.328. The number of likely N-dealkylation sites (N-methyl/N-ethyl adjacent to an activating group) is 1. The number of rotatable bonds is 6. The van der Waals surface area contributed by atoms with Crippen LogP contribution in [0.1, 0.15) is 17.7 Å². The molecule has 0 aromatic heterocycles. The van der Waals surface area contributed by atoms with Crippen LogP contribution in [0, 0.1) is 5.82 Å². The van der Waals surface area contributed by atoms with Crippen LogP contribution in [0.3, 0.4) is 0 Å². The van der Waals surface area contributed by atoms with Crippen LogP contribution in [-0.4, -0.2) is 57.2 Å². The van der Waals surface area contributed by atoms with Crippen molar-refractivity contribution in [2.24, 2.45) is 0 Å². The molecule has 1 heterocycles. The average molecular weight is 432 g/mol. The van der Waals surface area contributed by atoms with E-state index in [1.165, 1.54) is 30.8 Å². The SMILES string of the molecule is COc1ccc([C@@H]2Sc3cc([18F])ccc3N(CCN(C)C)C(=O)[C@@H]2OC(C)=O)cc1. The third-order valence-corrected chi connectivity index (χ3v) is 6.11. The molecule has 6 nitrogen and oxygen atoms in total. The number of thioether (sulfide) groups is 1. The zero-order chi connectivity index (χ0) is 21.8. The molecule has 0 bridgehead atoms. The third kappa shape index (κ3) is 4.94. The zero-order valence-electron chi connectivity index (χ0n) is 17.4.